The topological polar surface area (TPSA) is 0 Å². The van der Waals surface area contributed by atoms with Gasteiger partial charge in [0.15, 0.2) is 0 Å². The van der Waals surface area contributed by atoms with Gasteiger partial charge in [-0.3, -0.25) is 0 Å². The number of rotatable bonds is 5. The Morgan fingerprint density at radius 3 is 2.00 bits per heavy atom. The Kier molecular flexibility index (Phi) is 7.09. The van der Waals surface area contributed by atoms with Gasteiger partial charge in [-0.25, -0.2) is 8.78 Å². The number of halogens is 3. The van der Waals surface area contributed by atoms with Crippen LogP contribution >= 0.6 is 15.9 Å². The summed E-state index contributed by atoms with van der Waals surface area (Å²) in [5.41, 5.74) is 1.49. The van der Waals surface area contributed by atoms with Crippen LogP contribution in [-0.2, 0) is 0 Å². The standard InChI is InChI=1S/C22H29BrF2/c23-21-14-12-20(13-15-21)19-10-8-18(9-11-19)17-6-4-16(5-7-17)2-1-3-22(24)25/h1-2,12-19,22H,3-11H2/b2-1+. The van der Waals surface area contributed by atoms with Crippen molar-refractivity contribution in [2.75, 3.05) is 0 Å². The normalized spacial score (nSPS) is 30.9. The van der Waals surface area contributed by atoms with Crippen LogP contribution in [-0.4, -0.2) is 6.43 Å². The van der Waals surface area contributed by atoms with E-state index in [9.17, 15) is 8.78 Å². The smallest absolute Gasteiger partial charge is 0.210 e. The third kappa shape index (κ3) is 5.64. The lowest BCUT2D eigenvalue weighted by molar-refractivity contribution is 0.151. The second kappa shape index (κ2) is 9.30. The molecule has 3 rings (SSSR count). The zero-order valence-electron chi connectivity index (χ0n) is 14.8. The molecule has 0 amide bonds. The second-order valence-electron chi connectivity index (χ2n) is 7.89. The van der Waals surface area contributed by atoms with E-state index in [0.29, 0.717) is 5.92 Å². The Labute approximate surface area is 159 Å². The Bertz CT molecular complexity index is 536. The third-order valence-corrected chi connectivity index (χ3v) is 6.85. The minimum absolute atomic E-state index is 0.0833. The minimum Gasteiger partial charge on any atom is -0.210 e. The van der Waals surface area contributed by atoms with Crippen LogP contribution < -0.4 is 0 Å². The highest BCUT2D eigenvalue weighted by molar-refractivity contribution is 9.10. The minimum atomic E-state index is -2.20. The van der Waals surface area contributed by atoms with Crippen molar-refractivity contribution in [2.45, 2.75) is 70.1 Å². The fourth-order valence-electron chi connectivity index (χ4n) is 4.84. The molecule has 0 atom stereocenters. The van der Waals surface area contributed by atoms with Crippen molar-refractivity contribution >= 4 is 15.9 Å². The molecule has 0 aliphatic heterocycles. The second-order valence-corrected chi connectivity index (χ2v) is 8.81. The average Bonchev–Trinajstić information content (AvgIpc) is 2.63. The molecule has 2 aliphatic rings. The fourth-order valence-corrected chi connectivity index (χ4v) is 5.11. The molecule has 3 heteroatoms. The van der Waals surface area contributed by atoms with E-state index in [1.54, 1.807) is 6.08 Å². The van der Waals surface area contributed by atoms with E-state index in [4.69, 9.17) is 0 Å². The summed E-state index contributed by atoms with van der Waals surface area (Å²) in [7, 11) is 0. The van der Waals surface area contributed by atoms with E-state index in [-0.39, 0.29) is 6.42 Å². The van der Waals surface area contributed by atoms with Gasteiger partial charge in [0.05, 0.1) is 0 Å². The summed E-state index contributed by atoms with van der Waals surface area (Å²) in [6.45, 7) is 0. The molecule has 0 heterocycles. The zero-order valence-corrected chi connectivity index (χ0v) is 16.4. The molecule has 0 N–H and O–H groups in total. The molecule has 0 nitrogen and oxygen atoms in total. The first kappa shape index (κ1) is 19.1. The van der Waals surface area contributed by atoms with Gasteiger partial charge in [-0.2, -0.15) is 0 Å². The molecular formula is C22H29BrF2. The van der Waals surface area contributed by atoms with Crippen LogP contribution in [0.1, 0.15) is 69.3 Å². The Hall–Kier alpha value is -0.700. The van der Waals surface area contributed by atoms with Crippen molar-refractivity contribution < 1.29 is 8.78 Å². The predicted octanol–water partition coefficient (Wildman–Crippen LogP) is 7.74. The van der Waals surface area contributed by atoms with E-state index >= 15 is 0 Å². The van der Waals surface area contributed by atoms with Crippen molar-refractivity contribution in [3.63, 3.8) is 0 Å². The maximum absolute atomic E-state index is 12.2. The Morgan fingerprint density at radius 1 is 0.880 bits per heavy atom. The molecule has 2 fully saturated rings. The molecule has 1 aromatic rings. The van der Waals surface area contributed by atoms with Crippen molar-refractivity contribution in [1.29, 1.82) is 0 Å². The van der Waals surface area contributed by atoms with Gasteiger partial charge < -0.3 is 0 Å². The van der Waals surface area contributed by atoms with Gasteiger partial charge >= 0.3 is 0 Å². The Balaban J connectivity index is 1.42. The molecule has 0 spiro atoms. The summed E-state index contributed by atoms with van der Waals surface area (Å²) in [4.78, 5) is 0. The lowest BCUT2D eigenvalue weighted by atomic mass is 9.68. The SMILES string of the molecule is FC(F)C/C=C/C1CCC(C2CCC(c3ccc(Br)cc3)CC2)CC1. The van der Waals surface area contributed by atoms with E-state index in [1.165, 1.54) is 56.9 Å². The fraction of sp³-hybridized carbons (Fsp3) is 0.636. The number of alkyl halides is 2. The van der Waals surface area contributed by atoms with Crippen molar-refractivity contribution in [3.8, 4) is 0 Å². The summed E-state index contributed by atoms with van der Waals surface area (Å²) < 4.78 is 25.6. The highest BCUT2D eigenvalue weighted by Crippen LogP contribution is 2.44. The number of hydrogen-bond acceptors (Lipinski definition) is 0. The van der Waals surface area contributed by atoms with Gasteiger partial charge in [-0.1, -0.05) is 40.2 Å². The van der Waals surface area contributed by atoms with Gasteiger partial charge in [0.2, 0.25) is 6.43 Å². The molecule has 0 unspecified atom stereocenters. The molecule has 0 saturated heterocycles. The van der Waals surface area contributed by atoms with Crippen molar-refractivity contribution in [2.24, 2.45) is 17.8 Å². The molecular weight excluding hydrogens is 382 g/mol. The van der Waals surface area contributed by atoms with Crippen LogP contribution in [0.5, 0.6) is 0 Å². The van der Waals surface area contributed by atoms with Gasteiger partial charge in [0, 0.05) is 10.9 Å². The summed E-state index contributed by atoms with van der Waals surface area (Å²) >= 11 is 3.52. The van der Waals surface area contributed by atoms with Crippen LogP contribution in [0.25, 0.3) is 0 Å². The first-order valence-corrected chi connectivity index (χ1v) is 10.6. The summed E-state index contributed by atoms with van der Waals surface area (Å²) in [6.07, 6.45) is 11.8. The lowest BCUT2D eigenvalue weighted by Crippen LogP contribution is -2.25. The van der Waals surface area contributed by atoms with Gasteiger partial charge in [0.25, 0.3) is 0 Å². The highest BCUT2D eigenvalue weighted by atomic mass is 79.9. The third-order valence-electron chi connectivity index (χ3n) is 6.32. The lowest BCUT2D eigenvalue weighted by Gasteiger charge is -2.37. The molecule has 2 aliphatic carbocycles. The Morgan fingerprint density at radius 2 is 1.44 bits per heavy atom. The number of benzene rings is 1. The van der Waals surface area contributed by atoms with Crippen LogP contribution in [0.2, 0.25) is 0 Å². The van der Waals surface area contributed by atoms with E-state index in [1.807, 2.05) is 6.08 Å². The van der Waals surface area contributed by atoms with Gasteiger partial charge in [0.1, 0.15) is 0 Å². The van der Waals surface area contributed by atoms with Crippen LogP contribution in [0.3, 0.4) is 0 Å². The predicted molar refractivity (Wildman–Crippen MR) is 104 cm³/mol. The van der Waals surface area contributed by atoms with Gasteiger partial charge in [-0.05, 0) is 92.7 Å². The molecule has 0 radical (unpaired) electrons. The highest BCUT2D eigenvalue weighted by Gasteiger charge is 2.30. The van der Waals surface area contributed by atoms with Crippen LogP contribution in [0.4, 0.5) is 8.78 Å². The molecule has 138 valence electrons. The summed E-state index contributed by atoms with van der Waals surface area (Å²) in [5, 5.41) is 0. The number of hydrogen-bond donors (Lipinski definition) is 0. The summed E-state index contributed by atoms with van der Waals surface area (Å²) in [6, 6.07) is 8.85. The molecule has 1 aromatic carbocycles. The van der Waals surface area contributed by atoms with E-state index in [2.05, 4.69) is 40.2 Å². The maximum atomic E-state index is 12.2. The van der Waals surface area contributed by atoms with E-state index < -0.39 is 6.43 Å². The summed E-state index contributed by atoms with van der Waals surface area (Å²) in [5.74, 6) is 3.02. The van der Waals surface area contributed by atoms with Crippen molar-refractivity contribution in [1.82, 2.24) is 0 Å². The molecule has 2 saturated carbocycles. The van der Waals surface area contributed by atoms with Gasteiger partial charge in [-0.15, -0.1) is 0 Å². The largest absolute Gasteiger partial charge is 0.242 e. The first-order valence-electron chi connectivity index (χ1n) is 9.82. The molecule has 0 aromatic heterocycles. The maximum Gasteiger partial charge on any atom is 0.242 e. The van der Waals surface area contributed by atoms with Crippen LogP contribution in [0.15, 0.2) is 40.9 Å². The quantitative estimate of drug-likeness (QED) is 0.435. The monoisotopic (exact) mass is 410 g/mol. The zero-order chi connectivity index (χ0) is 17.6. The average molecular weight is 411 g/mol. The molecule has 0 bridgehead atoms. The van der Waals surface area contributed by atoms with E-state index in [0.717, 1.165) is 22.2 Å². The molecule has 25 heavy (non-hydrogen) atoms. The van der Waals surface area contributed by atoms with Crippen LogP contribution in [0, 0.1) is 17.8 Å². The first-order chi connectivity index (χ1) is 12.1. The number of allylic oxidation sites excluding steroid dienone is 2. The van der Waals surface area contributed by atoms with Crippen molar-refractivity contribution in [3.05, 3.63) is 46.5 Å².